The average Bonchev–Trinajstić information content (AvgIpc) is 2.52. The number of hydrogen-bond acceptors (Lipinski definition) is 5. The number of methoxy groups -OCH3 is 2. The lowest BCUT2D eigenvalue weighted by molar-refractivity contribution is -0.137. The number of nitrogens with zero attached hydrogens (tertiary/aromatic N) is 2. The largest absolute Gasteiger partial charge is 0.481 e. The van der Waals surface area contributed by atoms with Crippen molar-refractivity contribution in [3.05, 3.63) is 11.8 Å². The van der Waals surface area contributed by atoms with Crippen molar-refractivity contribution >= 4 is 5.97 Å². The predicted molar refractivity (Wildman–Crippen MR) is 83.4 cm³/mol. The lowest BCUT2D eigenvalue weighted by Crippen LogP contribution is -2.00. The summed E-state index contributed by atoms with van der Waals surface area (Å²) in [5.74, 6) is -0.170. The molecular formula is C16H26N2O4. The molecule has 0 spiro atoms. The maximum Gasteiger partial charge on any atom is 0.319 e. The van der Waals surface area contributed by atoms with E-state index in [0.29, 0.717) is 11.9 Å². The lowest BCUT2D eigenvalue weighted by atomic mass is 10.1. The van der Waals surface area contributed by atoms with Crippen LogP contribution in [0.5, 0.6) is 11.9 Å². The van der Waals surface area contributed by atoms with Crippen LogP contribution >= 0.6 is 0 Å². The average molecular weight is 310 g/mol. The van der Waals surface area contributed by atoms with Gasteiger partial charge >= 0.3 is 12.0 Å². The molecule has 22 heavy (non-hydrogen) atoms. The van der Waals surface area contributed by atoms with E-state index in [1.54, 1.807) is 14.2 Å². The van der Waals surface area contributed by atoms with Gasteiger partial charge < -0.3 is 14.6 Å². The van der Waals surface area contributed by atoms with Crippen molar-refractivity contribution in [3.63, 3.8) is 0 Å². The summed E-state index contributed by atoms with van der Waals surface area (Å²) in [6.07, 6.45) is 8.63. The quantitative estimate of drug-likeness (QED) is 0.597. The molecule has 0 atom stereocenters. The van der Waals surface area contributed by atoms with E-state index in [1.165, 1.54) is 6.42 Å². The summed E-state index contributed by atoms with van der Waals surface area (Å²) in [5.41, 5.74) is 0.935. The standard InChI is InChI=1S/C16H26N2O4/c1-21-14-12-13(17-16(18-14)22-2)10-8-6-4-3-5-7-9-11-15(19)20/h12H,3-11H2,1-2H3,(H,19,20). The Balaban J connectivity index is 2.13. The van der Waals surface area contributed by atoms with E-state index in [-0.39, 0.29) is 6.42 Å². The molecule has 0 unspecified atom stereocenters. The molecular weight excluding hydrogens is 284 g/mol. The highest BCUT2D eigenvalue weighted by Crippen LogP contribution is 2.16. The van der Waals surface area contributed by atoms with Gasteiger partial charge in [0.05, 0.1) is 19.9 Å². The Morgan fingerprint density at radius 3 is 2.23 bits per heavy atom. The summed E-state index contributed by atoms with van der Waals surface area (Å²) in [7, 11) is 3.12. The van der Waals surface area contributed by atoms with Crippen LogP contribution in [0.4, 0.5) is 0 Å². The molecule has 1 N–H and O–H groups in total. The van der Waals surface area contributed by atoms with Crippen LogP contribution in [0.3, 0.4) is 0 Å². The van der Waals surface area contributed by atoms with Gasteiger partial charge in [0.15, 0.2) is 0 Å². The zero-order valence-electron chi connectivity index (χ0n) is 13.5. The van der Waals surface area contributed by atoms with E-state index in [4.69, 9.17) is 14.6 Å². The minimum atomic E-state index is -0.698. The van der Waals surface area contributed by atoms with Crippen LogP contribution in [-0.2, 0) is 11.2 Å². The highest BCUT2D eigenvalue weighted by atomic mass is 16.5. The van der Waals surface area contributed by atoms with Crippen LogP contribution in [0, 0.1) is 0 Å². The summed E-state index contributed by atoms with van der Waals surface area (Å²) in [4.78, 5) is 18.7. The lowest BCUT2D eigenvalue weighted by Gasteiger charge is -2.06. The van der Waals surface area contributed by atoms with Gasteiger partial charge in [0.2, 0.25) is 5.88 Å². The van der Waals surface area contributed by atoms with Crippen LogP contribution in [0.2, 0.25) is 0 Å². The molecule has 6 nitrogen and oxygen atoms in total. The molecule has 0 fully saturated rings. The number of carboxylic acids is 1. The number of aliphatic carboxylic acids is 1. The van der Waals surface area contributed by atoms with Crippen LogP contribution in [0.25, 0.3) is 0 Å². The van der Waals surface area contributed by atoms with Gasteiger partial charge in [-0.1, -0.05) is 32.1 Å². The fraction of sp³-hybridized carbons (Fsp3) is 0.688. The molecule has 124 valence electrons. The number of carboxylic acid groups (broad SMARTS) is 1. The number of aryl methyl sites for hydroxylation is 1. The van der Waals surface area contributed by atoms with Crippen LogP contribution in [-0.4, -0.2) is 35.3 Å². The zero-order valence-corrected chi connectivity index (χ0v) is 13.5. The second kappa shape index (κ2) is 10.8. The summed E-state index contributed by atoms with van der Waals surface area (Å²) in [6.45, 7) is 0. The fourth-order valence-electron chi connectivity index (χ4n) is 2.24. The topological polar surface area (TPSA) is 81.5 Å². The molecule has 1 heterocycles. The van der Waals surface area contributed by atoms with Crippen molar-refractivity contribution in [1.29, 1.82) is 0 Å². The van der Waals surface area contributed by atoms with Gasteiger partial charge in [0.1, 0.15) is 0 Å². The Labute approximate surface area is 131 Å². The number of hydrogen-bond donors (Lipinski definition) is 1. The van der Waals surface area contributed by atoms with Crippen LogP contribution in [0.1, 0.15) is 57.1 Å². The third-order valence-corrected chi connectivity index (χ3v) is 3.45. The third-order valence-electron chi connectivity index (χ3n) is 3.45. The molecule has 1 aromatic rings. The molecule has 0 saturated carbocycles. The summed E-state index contributed by atoms with van der Waals surface area (Å²) < 4.78 is 10.2. The van der Waals surface area contributed by atoms with E-state index in [9.17, 15) is 4.79 Å². The molecule has 0 saturated heterocycles. The molecule has 1 rings (SSSR count). The zero-order chi connectivity index (χ0) is 16.2. The van der Waals surface area contributed by atoms with Crippen molar-refractivity contribution in [2.75, 3.05) is 14.2 Å². The van der Waals surface area contributed by atoms with Crippen molar-refractivity contribution in [2.24, 2.45) is 0 Å². The first kappa shape index (κ1) is 18.2. The molecule has 0 radical (unpaired) electrons. The van der Waals surface area contributed by atoms with Gasteiger partial charge in [-0.3, -0.25) is 4.79 Å². The second-order valence-electron chi connectivity index (χ2n) is 5.26. The van der Waals surface area contributed by atoms with E-state index in [2.05, 4.69) is 9.97 Å². The van der Waals surface area contributed by atoms with Crippen molar-refractivity contribution in [3.8, 4) is 11.9 Å². The van der Waals surface area contributed by atoms with E-state index < -0.39 is 5.97 Å². The van der Waals surface area contributed by atoms with Gasteiger partial charge in [-0.25, -0.2) is 4.98 Å². The molecule has 0 amide bonds. The number of rotatable bonds is 12. The Bertz CT molecular complexity index is 430. The number of aromatic nitrogens is 2. The summed E-state index contributed by atoms with van der Waals surface area (Å²) in [5, 5.41) is 8.54. The molecule has 0 aliphatic carbocycles. The molecule has 1 aromatic heterocycles. The van der Waals surface area contributed by atoms with Gasteiger partial charge in [0.25, 0.3) is 0 Å². The molecule has 0 aliphatic rings. The highest BCUT2D eigenvalue weighted by Gasteiger charge is 2.05. The van der Waals surface area contributed by atoms with Gasteiger partial charge in [-0.2, -0.15) is 4.98 Å². The second-order valence-corrected chi connectivity index (χ2v) is 5.26. The highest BCUT2D eigenvalue weighted by molar-refractivity contribution is 5.66. The Kier molecular flexibility index (Phi) is 8.95. The smallest absolute Gasteiger partial charge is 0.319 e. The predicted octanol–water partition coefficient (Wildman–Crippen LogP) is 3.24. The Morgan fingerprint density at radius 2 is 1.64 bits per heavy atom. The maximum atomic E-state index is 10.4. The van der Waals surface area contributed by atoms with Gasteiger partial charge in [-0.05, 0) is 19.3 Å². The van der Waals surface area contributed by atoms with Gasteiger partial charge in [0, 0.05) is 12.5 Å². The summed E-state index contributed by atoms with van der Waals surface area (Å²) in [6, 6.07) is 2.18. The minimum Gasteiger partial charge on any atom is -0.481 e. The van der Waals surface area contributed by atoms with Crippen LogP contribution < -0.4 is 9.47 Å². The van der Waals surface area contributed by atoms with Gasteiger partial charge in [-0.15, -0.1) is 0 Å². The molecule has 0 aliphatic heterocycles. The van der Waals surface area contributed by atoms with E-state index >= 15 is 0 Å². The number of carbonyl (C=O) groups is 1. The third kappa shape index (κ3) is 7.81. The molecule has 6 heteroatoms. The maximum absolute atomic E-state index is 10.4. The normalized spacial score (nSPS) is 10.5. The summed E-state index contributed by atoms with van der Waals surface area (Å²) >= 11 is 0. The molecule has 0 aromatic carbocycles. The molecule has 0 bridgehead atoms. The van der Waals surface area contributed by atoms with Crippen molar-refractivity contribution in [2.45, 2.75) is 57.8 Å². The van der Waals surface area contributed by atoms with Crippen molar-refractivity contribution < 1.29 is 19.4 Å². The Morgan fingerprint density at radius 1 is 1.00 bits per heavy atom. The Hall–Kier alpha value is -1.85. The van der Waals surface area contributed by atoms with Crippen molar-refractivity contribution in [1.82, 2.24) is 9.97 Å². The number of unbranched alkanes of at least 4 members (excludes halogenated alkanes) is 6. The first-order valence-electron chi connectivity index (χ1n) is 7.83. The monoisotopic (exact) mass is 310 g/mol. The first-order chi connectivity index (χ1) is 10.7. The first-order valence-corrected chi connectivity index (χ1v) is 7.83. The van der Waals surface area contributed by atoms with Crippen LogP contribution in [0.15, 0.2) is 6.07 Å². The van der Waals surface area contributed by atoms with E-state index in [1.807, 2.05) is 6.07 Å². The van der Waals surface area contributed by atoms with E-state index in [0.717, 1.165) is 50.6 Å². The number of ether oxygens (including phenoxy) is 2. The fourth-order valence-corrected chi connectivity index (χ4v) is 2.24. The minimum absolute atomic E-state index is 0.289. The SMILES string of the molecule is COc1cc(CCCCCCCCCC(=O)O)nc(OC)n1.